The molecular formula is C29H43O3PS2. The van der Waals surface area contributed by atoms with Crippen LogP contribution in [0.5, 0.6) is 11.5 Å². The third-order valence-corrected chi connectivity index (χ3v) is 10.0. The van der Waals surface area contributed by atoms with E-state index in [2.05, 4.69) is 48.5 Å². The molecule has 0 amide bonds. The molecule has 0 fully saturated rings. The summed E-state index contributed by atoms with van der Waals surface area (Å²) in [5, 5.41) is 0. The second kappa shape index (κ2) is 13.3. The van der Waals surface area contributed by atoms with Crippen molar-refractivity contribution in [3.8, 4) is 11.5 Å². The maximum Gasteiger partial charge on any atom is 0.480 e. The maximum atomic E-state index is 14.0. The molecule has 0 N–H and O–H groups in total. The highest BCUT2D eigenvalue weighted by Gasteiger charge is 2.35. The standard InChI is InChI=1S/C29H43O3PS2/c1-8-9-10-11-12-13-22-35-27(34)33(30,31-25-18-14-23(15-19-25)28(2,3)4)32-26-20-16-24(17-21-26)29(5,6)7/h14-21H,8-13,22H2,1-7H3. The number of unbranched alkanes of at least 4 members (excludes halogenated alkanes) is 5. The number of hydrogen-bond acceptors (Lipinski definition) is 5. The first-order valence-corrected chi connectivity index (χ1v) is 15.7. The highest BCUT2D eigenvalue weighted by Crippen LogP contribution is 2.53. The first-order chi connectivity index (χ1) is 16.3. The molecule has 0 bridgehead atoms. The topological polar surface area (TPSA) is 35.5 Å². The first-order valence-electron chi connectivity index (χ1n) is 12.7. The second-order valence-electron chi connectivity index (χ2n) is 11.1. The zero-order valence-electron chi connectivity index (χ0n) is 22.6. The number of thiocarbonyl (C=S) groups is 1. The van der Waals surface area contributed by atoms with Crippen molar-refractivity contribution in [2.75, 3.05) is 5.75 Å². The van der Waals surface area contributed by atoms with Crippen LogP contribution in [0.15, 0.2) is 48.5 Å². The van der Waals surface area contributed by atoms with Gasteiger partial charge in [0.2, 0.25) is 0 Å². The Balaban J connectivity index is 2.16. The summed E-state index contributed by atoms with van der Waals surface area (Å²) in [5.74, 6) is 1.80. The van der Waals surface area contributed by atoms with E-state index >= 15 is 0 Å². The van der Waals surface area contributed by atoms with E-state index in [1.54, 1.807) is 0 Å². The Hall–Kier alpha value is -1.29. The summed E-state index contributed by atoms with van der Waals surface area (Å²) in [6, 6.07) is 15.4. The van der Waals surface area contributed by atoms with Crippen LogP contribution < -0.4 is 9.05 Å². The van der Waals surface area contributed by atoms with E-state index in [0.29, 0.717) is 11.5 Å². The molecule has 2 aromatic rings. The molecule has 0 aliphatic carbocycles. The summed E-state index contributed by atoms with van der Waals surface area (Å²) in [6.07, 6.45) is 7.21. The Kier molecular flexibility index (Phi) is 11.4. The van der Waals surface area contributed by atoms with Gasteiger partial charge in [-0.3, -0.25) is 0 Å². The van der Waals surface area contributed by atoms with Gasteiger partial charge in [0.05, 0.1) is 0 Å². The van der Waals surface area contributed by atoms with Gasteiger partial charge in [-0.25, -0.2) is 4.57 Å². The van der Waals surface area contributed by atoms with E-state index in [1.807, 2.05) is 48.5 Å². The largest absolute Gasteiger partial charge is 0.480 e. The molecule has 194 valence electrons. The molecule has 3 nitrogen and oxygen atoms in total. The van der Waals surface area contributed by atoms with Gasteiger partial charge >= 0.3 is 7.60 Å². The van der Waals surface area contributed by atoms with Gasteiger partial charge in [0.25, 0.3) is 0 Å². The predicted molar refractivity (Wildman–Crippen MR) is 158 cm³/mol. The zero-order chi connectivity index (χ0) is 26.1. The van der Waals surface area contributed by atoms with Crippen molar-refractivity contribution in [1.82, 2.24) is 0 Å². The molecule has 0 radical (unpaired) electrons. The minimum atomic E-state index is -3.74. The fraction of sp³-hybridized carbons (Fsp3) is 0.552. The van der Waals surface area contributed by atoms with Gasteiger partial charge in [0.1, 0.15) is 11.5 Å². The van der Waals surface area contributed by atoms with Crippen LogP contribution in [0.3, 0.4) is 0 Å². The van der Waals surface area contributed by atoms with Gasteiger partial charge in [-0.05, 0) is 58.4 Å². The highest BCUT2D eigenvalue weighted by molar-refractivity contribution is 8.35. The molecule has 2 aromatic carbocycles. The normalized spacial score (nSPS) is 12.4. The Bertz CT molecular complexity index is 907. The van der Waals surface area contributed by atoms with Crippen LogP contribution in [0.4, 0.5) is 0 Å². The zero-order valence-corrected chi connectivity index (χ0v) is 25.1. The quantitative estimate of drug-likeness (QED) is 0.154. The van der Waals surface area contributed by atoms with Crippen molar-refractivity contribution in [3.05, 3.63) is 59.7 Å². The Morgan fingerprint density at radius 2 is 1.14 bits per heavy atom. The monoisotopic (exact) mass is 534 g/mol. The number of rotatable bonds is 12. The molecule has 0 saturated carbocycles. The fourth-order valence-electron chi connectivity index (χ4n) is 3.52. The summed E-state index contributed by atoms with van der Waals surface area (Å²) in [7, 11) is -3.74. The molecule has 0 saturated heterocycles. The van der Waals surface area contributed by atoms with E-state index in [0.717, 1.165) is 18.6 Å². The number of hydrogen-bond donors (Lipinski definition) is 0. The molecule has 0 aliphatic rings. The molecule has 0 aromatic heterocycles. The summed E-state index contributed by atoms with van der Waals surface area (Å²) in [4.78, 5) is 0. The third kappa shape index (κ3) is 9.94. The smallest absolute Gasteiger partial charge is 0.412 e. The lowest BCUT2D eigenvalue weighted by molar-refractivity contribution is 0.403. The number of benzene rings is 2. The lowest BCUT2D eigenvalue weighted by Gasteiger charge is -2.23. The van der Waals surface area contributed by atoms with Gasteiger partial charge in [-0.1, -0.05) is 117 Å². The summed E-state index contributed by atoms with van der Waals surface area (Å²) < 4.78 is 26.3. The van der Waals surface area contributed by atoms with Crippen molar-refractivity contribution in [2.45, 2.75) is 97.8 Å². The molecule has 0 aliphatic heterocycles. The van der Waals surface area contributed by atoms with E-state index in [-0.39, 0.29) is 14.8 Å². The van der Waals surface area contributed by atoms with Gasteiger partial charge < -0.3 is 9.05 Å². The van der Waals surface area contributed by atoms with Gasteiger partial charge in [-0.2, -0.15) is 0 Å². The SMILES string of the molecule is CCCCCCCCSC(=S)P(=O)(Oc1ccc(C(C)(C)C)cc1)Oc1ccc(C(C)(C)C)cc1. The van der Waals surface area contributed by atoms with Crippen LogP contribution in [0, 0.1) is 0 Å². The van der Waals surface area contributed by atoms with Gasteiger partial charge in [-0.15, -0.1) is 11.8 Å². The maximum absolute atomic E-state index is 14.0. The molecule has 0 unspecified atom stereocenters. The van der Waals surface area contributed by atoms with Crippen LogP contribution >= 0.6 is 31.6 Å². The van der Waals surface area contributed by atoms with Crippen LogP contribution in [0.25, 0.3) is 0 Å². The van der Waals surface area contributed by atoms with E-state index in [4.69, 9.17) is 21.3 Å². The molecule has 2 rings (SSSR count). The van der Waals surface area contributed by atoms with Gasteiger partial charge in [0.15, 0.2) is 3.94 Å². The van der Waals surface area contributed by atoms with E-state index < -0.39 is 7.60 Å². The average Bonchev–Trinajstić information content (AvgIpc) is 2.77. The van der Waals surface area contributed by atoms with Gasteiger partial charge in [0, 0.05) is 0 Å². The van der Waals surface area contributed by atoms with Crippen LogP contribution in [-0.4, -0.2) is 9.69 Å². The second-order valence-corrected chi connectivity index (χ2v) is 15.3. The minimum Gasteiger partial charge on any atom is -0.412 e. The predicted octanol–water partition coefficient (Wildman–Crippen LogP) is 10.3. The van der Waals surface area contributed by atoms with Crippen molar-refractivity contribution >= 4 is 35.5 Å². The first kappa shape index (κ1) is 29.9. The van der Waals surface area contributed by atoms with Crippen molar-refractivity contribution in [3.63, 3.8) is 0 Å². The molecule has 0 heterocycles. The highest BCUT2D eigenvalue weighted by atomic mass is 32.2. The van der Waals surface area contributed by atoms with Crippen LogP contribution in [0.2, 0.25) is 0 Å². The van der Waals surface area contributed by atoms with Crippen molar-refractivity contribution in [2.24, 2.45) is 0 Å². The number of thioether (sulfide) groups is 1. The minimum absolute atomic E-state index is 0.0236. The molecular weight excluding hydrogens is 491 g/mol. The Morgan fingerprint density at radius 1 is 0.743 bits per heavy atom. The average molecular weight is 535 g/mol. The summed E-state index contributed by atoms with van der Waals surface area (Å²) >= 11 is 7.05. The van der Waals surface area contributed by atoms with Crippen molar-refractivity contribution in [1.29, 1.82) is 0 Å². The van der Waals surface area contributed by atoms with E-state index in [9.17, 15) is 4.57 Å². The third-order valence-electron chi connectivity index (χ3n) is 5.84. The lowest BCUT2D eigenvalue weighted by Crippen LogP contribution is -2.12. The summed E-state index contributed by atoms with van der Waals surface area (Å²) in [5.41, 5.74) is 2.41. The molecule has 0 spiro atoms. The van der Waals surface area contributed by atoms with Crippen molar-refractivity contribution < 1.29 is 13.6 Å². The molecule has 35 heavy (non-hydrogen) atoms. The fourth-order valence-corrected chi connectivity index (χ4v) is 6.63. The lowest BCUT2D eigenvalue weighted by atomic mass is 9.87. The van der Waals surface area contributed by atoms with E-state index in [1.165, 1.54) is 48.6 Å². The summed E-state index contributed by atoms with van der Waals surface area (Å²) in [6.45, 7) is 15.2. The van der Waals surface area contributed by atoms with Crippen LogP contribution in [0.1, 0.15) is 98.1 Å². The molecule has 0 atom stereocenters. The van der Waals surface area contributed by atoms with Crippen LogP contribution in [-0.2, 0) is 15.4 Å². The Labute approximate surface area is 223 Å². The Morgan fingerprint density at radius 3 is 1.54 bits per heavy atom. The molecule has 6 heteroatoms.